The van der Waals surface area contributed by atoms with Gasteiger partial charge in [-0.1, -0.05) is 11.8 Å². The van der Waals surface area contributed by atoms with Crippen LogP contribution in [0.25, 0.3) is 0 Å². The summed E-state index contributed by atoms with van der Waals surface area (Å²) in [6.07, 6.45) is 3.12. The topological polar surface area (TPSA) is 58.4 Å². The van der Waals surface area contributed by atoms with Gasteiger partial charge in [0, 0.05) is 32.3 Å². The maximum Gasteiger partial charge on any atom is 0.222 e. The van der Waals surface area contributed by atoms with Crippen LogP contribution >= 0.6 is 11.8 Å². The molecule has 1 heterocycles. The van der Waals surface area contributed by atoms with Crippen molar-refractivity contribution in [1.29, 1.82) is 0 Å². The fourth-order valence-corrected chi connectivity index (χ4v) is 2.74. The molecule has 1 amide bonds. The number of amides is 1. The van der Waals surface area contributed by atoms with E-state index in [1.54, 1.807) is 18.0 Å². The second-order valence-electron chi connectivity index (χ2n) is 4.27. The Hall–Kier alpha value is -1.01. The number of carbonyl (C=O) groups excluding carboxylic acids is 1. The second kappa shape index (κ2) is 8.22. The van der Waals surface area contributed by atoms with Crippen LogP contribution in [0.1, 0.15) is 32.4 Å². The average Bonchev–Trinajstić information content (AvgIpc) is 2.77. The highest BCUT2D eigenvalue weighted by molar-refractivity contribution is 7.99. The van der Waals surface area contributed by atoms with Gasteiger partial charge in [0.1, 0.15) is 0 Å². The van der Waals surface area contributed by atoms with Crippen LogP contribution in [0.5, 0.6) is 0 Å². The van der Waals surface area contributed by atoms with Gasteiger partial charge in [-0.3, -0.25) is 4.79 Å². The summed E-state index contributed by atoms with van der Waals surface area (Å²) in [5, 5.41) is 9.96. The molecule has 0 saturated carbocycles. The molecule has 0 aliphatic rings. The predicted molar refractivity (Wildman–Crippen MR) is 77.0 cm³/mol. The molecule has 0 aromatic carbocycles. The van der Waals surface area contributed by atoms with E-state index in [9.17, 15) is 4.79 Å². The number of nitrogens with zero attached hydrogens (tertiary/aromatic N) is 3. The quantitative estimate of drug-likeness (QED) is 0.583. The number of thioether (sulfide) groups is 1. The summed E-state index contributed by atoms with van der Waals surface area (Å²) in [6, 6.07) is 0. The molecule has 5 nitrogen and oxygen atoms in total. The third-order valence-electron chi connectivity index (χ3n) is 3.09. The number of aromatic nitrogens is 2. The first-order valence-corrected chi connectivity index (χ1v) is 7.64. The lowest BCUT2D eigenvalue weighted by atomic mass is 10.3. The molecule has 0 saturated heterocycles. The van der Waals surface area contributed by atoms with E-state index in [1.165, 1.54) is 0 Å². The normalized spacial score (nSPS) is 10.7. The Kier molecular flexibility index (Phi) is 6.94. The highest BCUT2D eigenvalue weighted by Crippen LogP contribution is 2.18. The molecule has 0 fully saturated rings. The molecule has 1 aromatic heterocycles. The molecule has 0 spiro atoms. The molecular weight excluding hydrogens is 262 g/mol. The Balaban J connectivity index is 2.31. The van der Waals surface area contributed by atoms with Crippen LogP contribution in [-0.2, 0) is 18.4 Å². The van der Waals surface area contributed by atoms with Crippen molar-refractivity contribution in [2.45, 2.75) is 38.5 Å². The molecule has 108 valence electrons. The van der Waals surface area contributed by atoms with E-state index in [4.69, 9.17) is 5.11 Å². The predicted octanol–water partition coefficient (Wildman–Crippen LogP) is 1.65. The molecule has 0 aliphatic heterocycles. The van der Waals surface area contributed by atoms with Crippen molar-refractivity contribution in [2.75, 3.05) is 18.8 Å². The zero-order chi connectivity index (χ0) is 14.3. The molecule has 1 rings (SSSR count). The van der Waals surface area contributed by atoms with E-state index in [1.807, 2.05) is 30.4 Å². The van der Waals surface area contributed by atoms with Crippen molar-refractivity contribution in [3.8, 4) is 0 Å². The van der Waals surface area contributed by atoms with Gasteiger partial charge in [0.05, 0.1) is 18.5 Å². The van der Waals surface area contributed by atoms with Crippen LogP contribution in [0.2, 0.25) is 0 Å². The Morgan fingerprint density at radius 2 is 2.16 bits per heavy atom. The minimum absolute atomic E-state index is 0.00447. The van der Waals surface area contributed by atoms with Gasteiger partial charge in [-0.05, 0) is 20.3 Å². The number of aliphatic hydroxyl groups is 1. The standard InChI is InChI=1S/C13H23N3O2S/c1-4-16(5-2)12(18)7-6-8-19-13-14-9-11(10-17)15(13)3/h9,17H,4-8,10H2,1-3H3. The molecule has 6 heteroatoms. The van der Waals surface area contributed by atoms with E-state index in [0.717, 1.165) is 36.1 Å². The molecule has 0 unspecified atom stereocenters. The van der Waals surface area contributed by atoms with Crippen molar-refractivity contribution < 1.29 is 9.90 Å². The van der Waals surface area contributed by atoms with Crippen LogP contribution < -0.4 is 0 Å². The van der Waals surface area contributed by atoms with Crippen LogP contribution in [0.4, 0.5) is 0 Å². The van der Waals surface area contributed by atoms with Crippen molar-refractivity contribution in [3.63, 3.8) is 0 Å². The third kappa shape index (κ3) is 4.54. The molecular formula is C13H23N3O2S. The van der Waals surface area contributed by atoms with Crippen LogP contribution in [0.3, 0.4) is 0 Å². The largest absolute Gasteiger partial charge is 0.390 e. The monoisotopic (exact) mass is 285 g/mol. The summed E-state index contributed by atoms with van der Waals surface area (Å²) in [6.45, 7) is 5.56. The number of hydrogen-bond acceptors (Lipinski definition) is 4. The molecule has 1 aromatic rings. The smallest absolute Gasteiger partial charge is 0.222 e. The second-order valence-corrected chi connectivity index (χ2v) is 5.33. The van der Waals surface area contributed by atoms with E-state index in [-0.39, 0.29) is 12.5 Å². The highest BCUT2D eigenvalue weighted by atomic mass is 32.2. The van der Waals surface area contributed by atoms with Crippen molar-refractivity contribution in [1.82, 2.24) is 14.5 Å². The number of aliphatic hydroxyl groups excluding tert-OH is 1. The van der Waals surface area contributed by atoms with Crippen molar-refractivity contribution in [3.05, 3.63) is 11.9 Å². The zero-order valence-corrected chi connectivity index (χ0v) is 12.7. The maximum absolute atomic E-state index is 11.8. The van der Waals surface area contributed by atoms with Gasteiger partial charge in [-0.2, -0.15) is 0 Å². The first kappa shape index (κ1) is 16.0. The molecule has 0 atom stereocenters. The summed E-state index contributed by atoms with van der Waals surface area (Å²) >= 11 is 1.62. The van der Waals surface area contributed by atoms with Crippen LogP contribution in [0.15, 0.2) is 11.4 Å². The Morgan fingerprint density at radius 1 is 1.47 bits per heavy atom. The summed E-state index contributed by atoms with van der Waals surface area (Å²) in [5.41, 5.74) is 0.807. The lowest BCUT2D eigenvalue weighted by molar-refractivity contribution is -0.130. The van der Waals surface area contributed by atoms with Crippen LogP contribution in [-0.4, -0.2) is 44.3 Å². The van der Waals surface area contributed by atoms with Gasteiger partial charge < -0.3 is 14.6 Å². The Morgan fingerprint density at radius 3 is 2.68 bits per heavy atom. The van der Waals surface area contributed by atoms with Gasteiger partial charge >= 0.3 is 0 Å². The van der Waals surface area contributed by atoms with E-state index < -0.39 is 0 Å². The average molecular weight is 285 g/mol. The minimum Gasteiger partial charge on any atom is -0.390 e. The summed E-state index contributed by atoms with van der Waals surface area (Å²) in [7, 11) is 1.89. The number of imidazole rings is 1. The molecule has 19 heavy (non-hydrogen) atoms. The molecule has 0 bridgehead atoms. The van der Waals surface area contributed by atoms with E-state index in [0.29, 0.717) is 6.42 Å². The maximum atomic E-state index is 11.8. The van der Waals surface area contributed by atoms with Gasteiger partial charge in [0.15, 0.2) is 5.16 Å². The van der Waals surface area contributed by atoms with Gasteiger partial charge in [-0.25, -0.2) is 4.98 Å². The van der Waals surface area contributed by atoms with Crippen LogP contribution in [0, 0.1) is 0 Å². The zero-order valence-electron chi connectivity index (χ0n) is 11.9. The highest BCUT2D eigenvalue weighted by Gasteiger charge is 2.10. The third-order valence-corrected chi connectivity index (χ3v) is 4.22. The lowest BCUT2D eigenvalue weighted by Crippen LogP contribution is -2.30. The molecule has 0 aliphatic carbocycles. The SMILES string of the molecule is CCN(CC)C(=O)CCCSc1ncc(CO)n1C. The first-order chi connectivity index (χ1) is 9.13. The first-order valence-electron chi connectivity index (χ1n) is 6.66. The summed E-state index contributed by atoms with van der Waals surface area (Å²) in [4.78, 5) is 17.9. The fourth-order valence-electron chi connectivity index (χ4n) is 1.83. The molecule has 0 radical (unpaired) electrons. The number of rotatable bonds is 8. The van der Waals surface area contributed by atoms with E-state index >= 15 is 0 Å². The lowest BCUT2D eigenvalue weighted by Gasteiger charge is -2.18. The summed E-state index contributed by atoms with van der Waals surface area (Å²) < 4.78 is 1.89. The molecule has 1 N–H and O–H groups in total. The van der Waals surface area contributed by atoms with Crippen molar-refractivity contribution >= 4 is 17.7 Å². The van der Waals surface area contributed by atoms with Gasteiger partial charge in [0.2, 0.25) is 5.91 Å². The minimum atomic E-state index is 0.00447. The number of carbonyl (C=O) groups is 1. The Labute approximate surface area is 119 Å². The summed E-state index contributed by atoms with van der Waals surface area (Å²) in [5.74, 6) is 1.09. The van der Waals surface area contributed by atoms with Gasteiger partial charge in [-0.15, -0.1) is 0 Å². The van der Waals surface area contributed by atoms with Crippen molar-refractivity contribution in [2.24, 2.45) is 7.05 Å². The van der Waals surface area contributed by atoms with E-state index in [2.05, 4.69) is 4.98 Å². The fraction of sp³-hybridized carbons (Fsp3) is 0.692. The number of hydrogen-bond donors (Lipinski definition) is 1. The van der Waals surface area contributed by atoms with Gasteiger partial charge in [0.25, 0.3) is 0 Å². The Bertz CT molecular complexity index is 403.